The molecule has 1 aliphatic heterocycles. The van der Waals surface area contributed by atoms with E-state index in [1.165, 1.54) is 5.56 Å². The Morgan fingerprint density at radius 2 is 1.71 bits per heavy atom. The van der Waals surface area contributed by atoms with Crippen LogP contribution in [0.3, 0.4) is 0 Å². The molecule has 6 nitrogen and oxygen atoms in total. The van der Waals surface area contributed by atoms with Crippen LogP contribution in [0, 0.1) is 17.8 Å². The lowest BCUT2D eigenvalue weighted by Gasteiger charge is -2.19. The number of pyridine rings is 1. The van der Waals surface area contributed by atoms with E-state index in [4.69, 9.17) is 4.74 Å². The molecule has 4 atom stereocenters. The highest BCUT2D eigenvalue weighted by Crippen LogP contribution is 2.52. The number of aryl methyl sites for hydroxylation is 1. The SMILES string of the molecule is CCc1cnc(N2CC3[C@@H](COc4ccc(-c5ccc([S+](C)[O-])cc5)nc4)[C@@H]3C2)nc1. The Morgan fingerprint density at radius 3 is 2.29 bits per heavy atom. The predicted octanol–water partition coefficient (Wildman–Crippen LogP) is 3.60. The Labute approximate surface area is 185 Å². The third-order valence-corrected chi connectivity index (χ3v) is 7.35. The molecule has 1 saturated heterocycles. The van der Waals surface area contributed by atoms with Crippen molar-refractivity contribution in [1.82, 2.24) is 15.0 Å². The van der Waals surface area contributed by atoms with Gasteiger partial charge in [-0.3, -0.25) is 4.98 Å². The van der Waals surface area contributed by atoms with E-state index in [9.17, 15) is 4.55 Å². The van der Waals surface area contributed by atoms with Crippen LogP contribution in [0.15, 0.2) is 59.9 Å². The number of hydrogen-bond donors (Lipinski definition) is 0. The quantitative estimate of drug-likeness (QED) is 0.529. The maximum Gasteiger partial charge on any atom is 0.225 e. The van der Waals surface area contributed by atoms with Gasteiger partial charge in [-0.1, -0.05) is 6.92 Å². The van der Waals surface area contributed by atoms with Gasteiger partial charge in [-0.2, -0.15) is 0 Å². The fourth-order valence-electron chi connectivity index (χ4n) is 4.40. The number of benzene rings is 1. The summed E-state index contributed by atoms with van der Waals surface area (Å²) in [6, 6.07) is 11.6. The molecule has 160 valence electrons. The number of fused-ring (bicyclic) bond motifs is 1. The van der Waals surface area contributed by atoms with E-state index < -0.39 is 11.2 Å². The Hall–Kier alpha value is -2.64. The summed E-state index contributed by atoms with van der Waals surface area (Å²) in [5.74, 6) is 3.60. The highest BCUT2D eigenvalue weighted by Gasteiger charge is 2.56. The van der Waals surface area contributed by atoms with Crippen molar-refractivity contribution in [2.75, 3.05) is 30.9 Å². The van der Waals surface area contributed by atoms with E-state index in [1.54, 1.807) is 12.5 Å². The first-order chi connectivity index (χ1) is 15.1. The Bertz CT molecular complexity index is 1010. The lowest BCUT2D eigenvalue weighted by molar-refractivity contribution is 0.282. The molecule has 2 unspecified atom stereocenters. The molecule has 2 aliphatic rings. The first kappa shape index (κ1) is 20.3. The maximum absolute atomic E-state index is 11.5. The number of rotatable bonds is 7. The minimum Gasteiger partial charge on any atom is -0.612 e. The van der Waals surface area contributed by atoms with Crippen LogP contribution in [-0.2, 0) is 17.6 Å². The molecule has 0 spiro atoms. The van der Waals surface area contributed by atoms with Crippen molar-refractivity contribution in [3.8, 4) is 17.0 Å². The Kier molecular flexibility index (Phi) is 5.54. The number of nitrogens with zero attached hydrogens (tertiary/aromatic N) is 4. The zero-order chi connectivity index (χ0) is 21.4. The van der Waals surface area contributed by atoms with Crippen molar-refractivity contribution in [2.45, 2.75) is 18.2 Å². The van der Waals surface area contributed by atoms with Crippen molar-refractivity contribution in [3.05, 3.63) is 60.6 Å². The largest absolute Gasteiger partial charge is 0.612 e. The third-order valence-electron chi connectivity index (χ3n) is 6.41. The fraction of sp³-hybridized carbons (Fsp3) is 0.375. The molecular weight excluding hydrogens is 408 g/mol. The topological polar surface area (TPSA) is 74.2 Å². The molecule has 0 radical (unpaired) electrons. The molecular formula is C24H26N4O2S. The molecule has 3 heterocycles. The van der Waals surface area contributed by atoms with Gasteiger partial charge in [0.2, 0.25) is 5.95 Å². The van der Waals surface area contributed by atoms with Gasteiger partial charge in [0.1, 0.15) is 12.0 Å². The minimum atomic E-state index is -0.966. The van der Waals surface area contributed by atoms with Crippen LogP contribution < -0.4 is 9.64 Å². The van der Waals surface area contributed by atoms with Gasteiger partial charge >= 0.3 is 0 Å². The first-order valence-corrected chi connectivity index (χ1v) is 12.3. The number of piperidine rings is 1. The molecule has 1 aromatic carbocycles. The van der Waals surface area contributed by atoms with E-state index in [1.807, 2.05) is 48.8 Å². The van der Waals surface area contributed by atoms with E-state index in [0.717, 1.165) is 54.0 Å². The van der Waals surface area contributed by atoms with Gasteiger partial charge in [0.05, 0.1) is 18.5 Å². The van der Waals surface area contributed by atoms with E-state index in [-0.39, 0.29) is 0 Å². The van der Waals surface area contributed by atoms with Crippen LogP contribution in [0.1, 0.15) is 12.5 Å². The first-order valence-electron chi connectivity index (χ1n) is 10.7. The zero-order valence-electron chi connectivity index (χ0n) is 17.8. The van der Waals surface area contributed by atoms with Crippen LogP contribution in [0.25, 0.3) is 11.3 Å². The standard InChI is InChI=1S/C24H26N4O2S/c1-3-16-10-26-24(27-11-16)28-13-20-21(14-28)22(20)15-30-18-6-9-23(25-12-18)17-4-7-19(8-5-17)31(2)29/h4-12,20-22H,3,13-15H2,1-2H3/t20-,21?,22+,31?/m1/s1. The third kappa shape index (κ3) is 4.25. The summed E-state index contributed by atoms with van der Waals surface area (Å²) in [6.07, 6.45) is 8.30. The Morgan fingerprint density at radius 1 is 1.00 bits per heavy atom. The normalized spacial score (nSPS) is 22.8. The average molecular weight is 435 g/mol. The second-order valence-corrected chi connectivity index (χ2v) is 9.69. The summed E-state index contributed by atoms with van der Waals surface area (Å²) in [7, 11) is 0. The van der Waals surface area contributed by atoms with Crippen LogP contribution >= 0.6 is 0 Å². The molecule has 0 amide bonds. The average Bonchev–Trinajstić information content (AvgIpc) is 3.26. The Balaban J connectivity index is 1.12. The number of aromatic nitrogens is 3. The molecule has 2 fully saturated rings. The fourth-order valence-corrected chi connectivity index (χ4v) is 4.92. The molecule has 2 aromatic heterocycles. The molecule has 5 rings (SSSR count). The summed E-state index contributed by atoms with van der Waals surface area (Å²) in [5, 5.41) is 0. The molecule has 3 aromatic rings. The smallest absolute Gasteiger partial charge is 0.225 e. The number of hydrogen-bond acceptors (Lipinski definition) is 6. The monoisotopic (exact) mass is 434 g/mol. The zero-order valence-corrected chi connectivity index (χ0v) is 18.6. The van der Waals surface area contributed by atoms with Crippen LogP contribution in [-0.4, -0.2) is 45.5 Å². The number of anilines is 1. The van der Waals surface area contributed by atoms with E-state index in [0.29, 0.717) is 17.8 Å². The van der Waals surface area contributed by atoms with E-state index >= 15 is 0 Å². The van der Waals surface area contributed by atoms with Gasteiger partial charge in [0.15, 0.2) is 4.90 Å². The molecule has 0 bridgehead atoms. The summed E-state index contributed by atoms with van der Waals surface area (Å²) in [6.45, 7) is 4.88. The molecule has 1 saturated carbocycles. The van der Waals surface area contributed by atoms with Crippen LogP contribution in [0.5, 0.6) is 5.75 Å². The summed E-state index contributed by atoms with van der Waals surface area (Å²) in [5.41, 5.74) is 3.06. The minimum absolute atomic E-state index is 0.605. The van der Waals surface area contributed by atoms with Crippen molar-refractivity contribution < 1.29 is 9.29 Å². The second kappa shape index (κ2) is 8.48. The van der Waals surface area contributed by atoms with Gasteiger partial charge in [-0.05, 0) is 71.4 Å². The van der Waals surface area contributed by atoms with Gasteiger partial charge in [0.25, 0.3) is 0 Å². The van der Waals surface area contributed by atoms with Gasteiger partial charge < -0.3 is 14.2 Å². The molecule has 0 N–H and O–H groups in total. The predicted molar refractivity (Wildman–Crippen MR) is 122 cm³/mol. The summed E-state index contributed by atoms with van der Waals surface area (Å²) >= 11 is -0.966. The molecule has 31 heavy (non-hydrogen) atoms. The van der Waals surface area contributed by atoms with Gasteiger partial charge in [-0.15, -0.1) is 0 Å². The van der Waals surface area contributed by atoms with Crippen molar-refractivity contribution >= 4 is 17.1 Å². The lowest BCUT2D eigenvalue weighted by atomic mass is 10.1. The summed E-state index contributed by atoms with van der Waals surface area (Å²) in [4.78, 5) is 16.7. The van der Waals surface area contributed by atoms with Gasteiger partial charge in [-0.25, -0.2) is 9.97 Å². The lowest BCUT2D eigenvalue weighted by Crippen LogP contribution is -2.27. The van der Waals surface area contributed by atoms with Crippen molar-refractivity contribution in [3.63, 3.8) is 0 Å². The maximum atomic E-state index is 11.5. The van der Waals surface area contributed by atoms with Gasteiger partial charge in [0, 0.05) is 37.0 Å². The van der Waals surface area contributed by atoms with Crippen molar-refractivity contribution in [2.24, 2.45) is 17.8 Å². The van der Waals surface area contributed by atoms with Crippen molar-refractivity contribution in [1.29, 1.82) is 0 Å². The molecule has 1 aliphatic carbocycles. The highest BCUT2D eigenvalue weighted by atomic mass is 32.2. The number of ether oxygens (including phenoxy) is 1. The summed E-state index contributed by atoms with van der Waals surface area (Å²) < 4.78 is 17.6. The van der Waals surface area contributed by atoms with E-state index in [2.05, 4.69) is 26.8 Å². The van der Waals surface area contributed by atoms with Crippen LogP contribution in [0.4, 0.5) is 5.95 Å². The van der Waals surface area contributed by atoms with Crippen LogP contribution in [0.2, 0.25) is 0 Å². The highest BCUT2D eigenvalue weighted by molar-refractivity contribution is 7.90. The molecule has 7 heteroatoms. The second-order valence-electron chi connectivity index (χ2n) is 8.31.